The Morgan fingerprint density at radius 1 is 1.00 bits per heavy atom. The second-order valence-electron chi connectivity index (χ2n) is 6.40. The Morgan fingerprint density at radius 2 is 1.58 bits per heavy atom. The fourth-order valence-electron chi connectivity index (χ4n) is 3.78. The zero-order valence-corrected chi connectivity index (χ0v) is 15.7. The molecule has 4 rings (SSSR count). The number of imide groups is 1. The zero-order valence-electron chi connectivity index (χ0n) is 12.6. The molecule has 1 heterocycles. The van der Waals surface area contributed by atoms with Crippen molar-refractivity contribution >= 4 is 56.6 Å². The Morgan fingerprint density at radius 3 is 2.08 bits per heavy atom. The number of amides is 2. The molecule has 1 aliphatic carbocycles. The maximum atomic E-state index is 13.0. The highest BCUT2D eigenvalue weighted by molar-refractivity contribution is 9.10. The summed E-state index contributed by atoms with van der Waals surface area (Å²) < 4.78 is 0.968. The smallest absolute Gasteiger partial charge is 0.241 e. The summed E-state index contributed by atoms with van der Waals surface area (Å²) in [5.41, 5.74) is 0.751. The standard InChI is InChI=1S/C18H12BrCl2NO2/c1-18-14(9-2-4-10(19)5-3-9)15(18)16(23)22(17(18)24)13-7-11(20)6-12(21)8-13/h2-8,14-15H,1H3/t14-,15?,18+/m0/s1. The molecule has 122 valence electrons. The summed E-state index contributed by atoms with van der Waals surface area (Å²) >= 11 is 15.4. The van der Waals surface area contributed by atoms with Crippen LogP contribution in [0.2, 0.25) is 10.0 Å². The lowest BCUT2D eigenvalue weighted by Gasteiger charge is -2.21. The number of carbonyl (C=O) groups excluding carboxylic acids is 2. The number of halogens is 3. The van der Waals surface area contributed by atoms with Crippen molar-refractivity contribution in [2.24, 2.45) is 11.3 Å². The summed E-state index contributed by atoms with van der Waals surface area (Å²) in [6.07, 6.45) is 0. The lowest BCUT2D eigenvalue weighted by Crippen LogP contribution is -2.36. The van der Waals surface area contributed by atoms with Crippen LogP contribution in [0.15, 0.2) is 46.9 Å². The number of hydrogen-bond donors (Lipinski definition) is 0. The molecular formula is C18H12BrCl2NO2. The fourth-order valence-corrected chi connectivity index (χ4v) is 4.56. The molecule has 1 saturated carbocycles. The number of anilines is 1. The number of nitrogens with zero attached hydrogens (tertiary/aromatic N) is 1. The molecule has 0 bridgehead atoms. The fraction of sp³-hybridized carbons (Fsp3) is 0.222. The normalized spacial score (nSPS) is 28.2. The largest absolute Gasteiger partial charge is 0.274 e. The van der Waals surface area contributed by atoms with Gasteiger partial charge in [0.2, 0.25) is 11.8 Å². The van der Waals surface area contributed by atoms with Gasteiger partial charge in [0, 0.05) is 20.4 Å². The second kappa shape index (κ2) is 5.32. The maximum Gasteiger partial charge on any atom is 0.241 e. The number of rotatable bonds is 2. The Labute approximate surface area is 157 Å². The van der Waals surface area contributed by atoms with E-state index >= 15 is 0 Å². The van der Waals surface area contributed by atoms with Crippen LogP contribution in [0, 0.1) is 11.3 Å². The molecule has 0 aromatic heterocycles. The molecule has 3 atom stereocenters. The van der Waals surface area contributed by atoms with E-state index in [9.17, 15) is 9.59 Å². The number of carbonyl (C=O) groups is 2. The van der Waals surface area contributed by atoms with Gasteiger partial charge < -0.3 is 0 Å². The van der Waals surface area contributed by atoms with Crippen LogP contribution in [0.5, 0.6) is 0 Å². The molecule has 6 heteroatoms. The summed E-state index contributed by atoms with van der Waals surface area (Å²) in [5.74, 6) is -0.780. The van der Waals surface area contributed by atoms with Crippen LogP contribution in [0.1, 0.15) is 18.4 Å². The van der Waals surface area contributed by atoms with Gasteiger partial charge in [0.05, 0.1) is 17.0 Å². The van der Waals surface area contributed by atoms with E-state index in [1.54, 1.807) is 18.2 Å². The van der Waals surface area contributed by atoms with E-state index in [4.69, 9.17) is 23.2 Å². The quantitative estimate of drug-likeness (QED) is 0.632. The average molecular weight is 425 g/mol. The van der Waals surface area contributed by atoms with E-state index in [0.29, 0.717) is 15.7 Å². The van der Waals surface area contributed by atoms with Crippen LogP contribution in [-0.4, -0.2) is 11.8 Å². The highest BCUT2D eigenvalue weighted by Crippen LogP contribution is 2.69. The molecular weight excluding hydrogens is 413 g/mol. The van der Waals surface area contributed by atoms with Gasteiger partial charge in [-0.05, 0) is 42.8 Å². The number of piperidine rings is 1. The predicted octanol–water partition coefficient (Wildman–Crippen LogP) is 5.05. The molecule has 2 aromatic carbocycles. The van der Waals surface area contributed by atoms with Gasteiger partial charge in [0.25, 0.3) is 0 Å². The maximum absolute atomic E-state index is 13.0. The number of hydrogen-bond acceptors (Lipinski definition) is 2. The van der Waals surface area contributed by atoms with E-state index < -0.39 is 5.41 Å². The van der Waals surface area contributed by atoms with Crippen molar-refractivity contribution in [2.45, 2.75) is 12.8 Å². The van der Waals surface area contributed by atoms with Crippen molar-refractivity contribution in [3.63, 3.8) is 0 Å². The van der Waals surface area contributed by atoms with E-state index in [0.717, 1.165) is 10.0 Å². The summed E-state index contributed by atoms with van der Waals surface area (Å²) in [4.78, 5) is 27.0. The zero-order chi connectivity index (χ0) is 17.2. The van der Waals surface area contributed by atoms with Crippen molar-refractivity contribution in [3.05, 3.63) is 62.5 Å². The molecule has 1 saturated heterocycles. The molecule has 2 fully saturated rings. The number of fused-ring (bicyclic) bond motifs is 1. The third-order valence-corrected chi connectivity index (χ3v) is 5.97. The molecule has 1 unspecified atom stereocenters. The average Bonchev–Trinajstić information content (AvgIpc) is 3.08. The van der Waals surface area contributed by atoms with Gasteiger partial charge in [-0.25, -0.2) is 4.90 Å². The van der Waals surface area contributed by atoms with E-state index in [-0.39, 0.29) is 23.7 Å². The van der Waals surface area contributed by atoms with E-state index in [2.05, 4.69) is 15.9 Å². The highest BCUT2D eigenvalue weighted by atomic mass is 79.9. The Bertz CT molecular complexity index is 863. The van der Waals surface area contributed by atoms with Crippen molar-refractivity contribution < 1.29 is 9.59 Å². The first-order valence-electron chi connectivity index (χ1n) is 7.44. The molecule has 3 nitrogen and oxygen atoms in total. The number of benzene rings is 2. The summed E-state index contributed by atoms with van der Waals surface area (Å²) in [6.45, 7) is 1.86. The first-order chi connectivity index (χ1) is 11.3. The molecule has 0 radical (unpaired) electrons. The van der Waals surface area contributed by atoms with Gasteiger partial charge in [-0.3, -0.25) is 9.59 Å². The molecule has 2 aromatic rings. The molecule has 0 N–H and O–H groups in total. The molecule has 2 aliphatic rings. The molecule has 24 heavy (non-hydrogen) atoms. The van der Waals surface area contributed by atoms with Crippen molar-refractivity contribution in [3.8, 4) is 0 Å². The third kappa shape index (κ3) is 2.17. The van der Waals surface area contributed by atoms with Gasteiger partial charge in [-0.1, -0.05) is 51.3 Å². The Hall–Kier alpha value is -1.36. The molecule has 1 aliphatic heterocycles. The van der Waals surface area contributed by atoms with Gasteiger partial charge in [0.15, 0.2) is 0 Å². The minimum absolute atomic E-state index is 0.0727. The van der Waals surface area contributed by atoms with Gasteiger partial charge in [-0.2, -0.15) is 0 Å². The Balaban J connectivity index is 1.70. The SMILES string of the molecule is C[C@]12C(=O)N(c3cc(Cl)cc(Cl)c3)C(=O)C1[C@@H]2c1ccc(Br)cc1. The van der Waals surface area contributed by atoms with E-state index in [1.165, 1.54) is 4.90 Å². The topological polar surface area (TPSA) is 37.4 Å². The lowest BCUT2D eigenvalue weighted by atomic mass is 10.00. The van der Waals surface area contributed by atoms with Crippen molar-refractivity contribution in [1.29, 1.82) is 0 Å². The minimum Gasteiger partial charge on any atom is -0.274 e. The van der Waals surface area contributed by atoms with Crippen LogP contribution in [0.4, 0.5) is 5.69 Å². The van der Waals surface area contributed by atoms with Crippen LogP contribution in [0.3, 0.4) is 0 Å². The lowest BCUT2D eigenvalue weighted by molar-refractivity contribution is -0.125. The van der Waals surface area contributed by atoms with Crippen molar-refractivity contribution in [1.82, 2.24) is 0 Å². The monoisotopic (exact) mass is 423 g/mol. The van der Waals surface area contributed by atoms with Gasteiger partial charge >= 0.3 is 0 Å². The van der Waals surface area contributed by atoms with Crippen LogP contribution in [-0.2, 0) is 9.59 Å². The van der Waals surface area contributed by atoms with Gasteiger partial charge in [0.1, 0.15) is 0 Å². The van der Waals surface area contributed by atoms with Crippen molar-refractivity contribution in [2.75, 3.05) is 4.90 Å². The van der Waals surface area contributed by atoms with Gasteiger partial charge in [-0.15, -0.1) is 0 Å². The first kappa shape index (κ1) is 16.1. The summed E-state index contributed by atoms with van der Waals surface area (Å²) in [6, 6.07) is 12.5. The molecule has 0 spiro atoms. The summed E-state index contributed by atoms with van der Waals surface area (Å²) in [5, 5.41) is 0.793. The molecule has 2 amide bonds. The highest BCUT2D eigenvalue weighted by Gasteiger charge is 2.76. The predicted molar refractivity (Wildman–Crippen MR) is 97.4 cm³/mol. The van der Waals surface area contributed by atoms with Crippen LogP contribution >= 0.6 is 39.1 Å². The minimum atomic E-state index is -0.695. The summed E-state index contributed by atoms with van der Waals surface area (Å²) in [7, 11) is 0. The van der Waals surface area contributed by atoms with Crippen LogP contribution in [0.25, 0.3) is 0 Å². The second-order valence-corrected chi connectivity index (χ2v) is 8.18. The third-order valence-electron chi connectivity index (χ3n) is 5.00. The first-order valence-corrected chi connectivity index (χ1v) is 8.99. The Kier molecular flexibility index (Phi) is 3.57. The van der Waals surface area contributed by atoms with E-state index in [1.807, 2.05) is 31.2 Å². The van der Waals surface area contributed by atoms with Crippen LogP contribution < -0.4 is 4.90 Å².